The van der Waals surface area contributed by atoms with E-state index in [1.807, 2.05) is 19.1 Å². The standard InChI is InChI=1S/C19H19N5O2/c1-13-6-7-20-16(12-13)23-8-10-24(11-9-23)19(26)17-14-4-2-3-5-15(14)18(25)22-21-17/h2-7,12H,8-11H2,1H3,(H,22,25). The summed E-state index contributed by atoms with van der Waals surface area (Å²) in [6.07, 6.45) is 1.80. The van der Waals surface area contributed by atoms with Gasteiger partial charge in [-0.2, -0.15) is 5.10 Å². The number of fused-ring (bicyclic) bond motifs is 1. The van der Waals surface area contributed by atoms with Crippen LogP contribution in [0.3, 0.4) is 0 Å². The molecule has 7 heteroatoms. The summed E-state index contributed by atoms with van der Waals surface area (Å²) in [6, 6.07) is 11.1. The van der Waals surface area contributed by atoms with Gasteiger partial charge in [0.1, 0.15) is 5.82 Å². The molecular weight excluding hydrogens is 330 g/mol. The van der Waals surface area contributed by atoms with Gasteiger partial charge in [-0.3, -0.25) is 9.59 Å². The quantitative estimate of drug-likeness (QED) is 0.760. The van der Waals surface area contributed by atoms with Crippen molar-refractivity contribution < 1.29 is 4.79 Å². The predicted octanol–water partition coefficient (Wildman–Crippen LogP) is 1.59. The van der Waals surface area contributed by atoms with Crippen LogP contribution in [0.2, 0.25) is 0 Å². The SMILES string of the molecule is Cc1ccnc(N2CCN(C(=O)c3n[nH]c(=O)c4ccccc34)CC2)c1. The molecule has 1 saturated heterocycles. The number of carbonyl (C=O) groups excluding carboxylic acids is 1. The average Bonchev–Trinajstić information content (AvgIpc) is 2.68. The second kappa shape index (κ2) is 6.59. The molecule has 3 heterocycles. The number of H-pyrrole nitrogens is 1. The Morgan fingerprint density at radius 2 is 1.81 bits per heavy atom. The lowest BCUT2D eigenvalue weighted by molar-refractivity contribution is 0.0741. The first-order valence-corrected chi connectivity index (χ1v) is 8.58. The third kappa shape index (κ3) is 2.92. The Hall–Kier alpha value is -3.22. The number of piperazine rings is 1. The molecule has 132 valence electrons. The summed E-state index contributed by atoms with van der Waals surface area (Å²) in [5.41, 5.74) is 1.17. The maximum Gasteiger partial charge on any atom is 0.275 e. The van der Waals surface area contributed by atoms with Crippen LogP contribution in [0, 0.1) is 6.92 Å². The Kier molecular flexibility index (Phi) is 4.12. The summed E-state index contributed by atoms with van der Waals surface area (Å²) in [6.45, 7) is 4.64. The molecule has 2 aromatic heterocycles. The topological polar surface area (TPSA) is 82.2 Å². The lowest BCUT2D eigenvalue weighted by atomic mass is 10.1. The highest BCUT2D eigenvalue weighted by Gasteiger charge is 2.25. The lowest BCUT2D eigenvalue weighted by Gasteiger charge is -2.35. The Morgan fingerprint density at radius 1 is 1.08 bits per heavy atom. The second-order valence-corrected chi connectivity index (χ2v) is 6.42. The van der Waals surface area contributed by atoms with Crippen LogP contribution in [0.4, 0.5) is 5.82 Å². The number of benzene rings is 1. The molecule has 1 N–H and O–H groups in total. The number of aromatic nitrogens is 3. The van der Waals surface area contributed by atoms with Gasteiger partial charge in [-0.25, -0.2) is 10.1 Å². The summed E-state index contributed by atoms with van der Waals surface area (Å²) in [7, 11) is 0. The zero-order valence-electron chi connectivity index (χ0n) is 14.5. The number of hydrogen-bond acceptors (Lipinski definition) is 5. The smallest absolute Gasteiger partial charge is 0.275 e. The largest absolute Gasteiger partial charge is 0.353 e. The Morgan fingerprint density at radius 3 is 2.54 bits per heavy atom. The van der Waals surface area contributed by atoms with E-state index in [1.165, 1.54) is 0 Å². The van der Waals surface area contributed by atoms with Gasteiger partial charge in [0.2, 0.25) is 0 Å². The number of nitrogens with zero attached hydrogens (tertiary/aromatic N) is 4. The van der Waals surface area contributed by atoms with Gasteiger partial charge >= 0.3 is 0 Å². The van der Waals surface area contributed by atoms with E-state index in [9.17, 15) is 9.59 Å². The number of carbonyl (C=O) groups is 1. The van der Waals surface area contributed by atoms with Crippen molar-refractivity contribution in [2.75, 3.05) is 31.1 Å². The van der Waals surface area contributed by atoms with Gasteiger partial charge in [-0.1, -0.05) is 18.2 Å². The number of aryl methyl sites for hydroxylation is 1. The molecule has 1 aromatic carbocycles. The van der Waals surface area contributed by atoms with Crippen LogP contribution in [-0.2, 0) is 0 Å². The Labute approximate surface area is 150 Å². The third-order valence-corrected chi connectivity index (χ3v) is 4.69. The molecule has 0 atom stereocenters. The van der Waals surface area contributed by atoms with E-state index in [0.29, 0.717) is 42.6 Å². The van der Waals surface area contributed by atoms with Crippen molar-refractivity contribution in [3.8, 4) is 0 Å². The molecule has 3 aromatic rings. The normalized spacial score (nSPS) is 14.7. The molecule has 0 aliphatic carbocycles. The van der Waals surface area contributed by atoms with E-state index in [1.54, 1.807) is 29.3 Å². The van der Waals surface area contributed by atoms with Gasteiger partial charge < -0.3 is 9.80 Å². The first-order chi connectivity index (χ1) is 12.6. The number of hydrogen-bond donors (Lipinski definition) is 1. The van der Waals surface area contributed by atoms with Crippen molar-refractivity contribution in [2.24, 2.45) is 0 Å². The molecule has 0 saturated carbocycles. The highest BCUT2D eigenvalue weighted by atomic mass is 16.2. The van der Waals surface area contributed by atoms with Crippen molar-refractivity contribution in [3.63, 3.8) is 0 Å². The molecule has 4 rings (SSSR count). The summed E-state index contributed by atoms with van der Waals surface area (Å²) in [4.78, 5) is 33.2. The maximum atomic E-state index is 12.9. The van der Waals surface area contributed by atoms with Gasteiger partial charge in [0.25, 0.3) is 11.5 Å². The van der Waals surface area contributed by atoms with E-state index < -0.39 is 0 Å². The minimum Gasteiger partial charge on any atom is -0.353 e. The highest BCUT2D eigenvalue weighted by molar-refractivity contribution is 6.04. The van der Waals surface area contributed by atoms with E-state index in [2.05, 4.69) is 26.1 Å². The molecule has 7 nitrogen and oxygen atoms in total. The average molecular weight is 349 g/mol. The molecule has 0 unspecified atom stereocenters. The van der Waals surface area contributed by atoms with E-state index in [4.69, 9.17) is 0 Å². The molecular formula is C19H19N5O2. The van der Waals surface area contributed by atoms with Crippen LogP contribution in [0.25, 0.3) is 10.8 Å². The van der Waals surface area contributed by atoms with Crippen LogP contribution in [0.15, 0.2) is 47.4 Å². The molecule has 1 fully saturated rings. The fraction of sp³-hybridized carbons (Fsp3) is 0.263. The Balaban J connectivity index is 1.54. The van der Waals surface area contributed by atoms with Crippen molar-refractivity contribution >= 4 is 22.5 Å². The lowest BCUT2D eigenvalue weighted by Crippen LogP contribution is -2.49. The summed E-state index contributed by atoms with van der Waals surface area (Å²) >= 11 is 0. The van der Waals surface area contributed by atoms with Gasteiger partial charge in [0.05, 0.1) is 5.39 Å². The van der Waals surface area contributed by atoms with E-state index in [-0.39, 0.29) is 11.5 Å². The van der Waals surface area contributed by atoms with Crippen molar-refractivity contribution in [1.82, 2.24) is 20.1 Å². The summed E-state index contributed by atoms with van der Waals surface area (Å²) in [5, 5.41) is 7.51. The van der Waals surface area contributed by atoms with Crippen molar-refractivity contribution in [3.05, 3.63) is 64.2 Å². The minimum absolute atomic E-state index is 0.158. The van der Waals surface area contributed by atoms with Gasteiger partial charge in [0.15, 0.2) is 5.69 Å². The monoisotopic (exact) mass is 349 g/mol. The number of amides is 1. The van der Waals surface area contributed by atoms with Crippen LogP contribution < -0.4 is 10.5 Å². The molecule has 0 bridgehead atoms. The number of rotatable bonds is 2. The van der Waals surface area contributed by atoms with Crippen LogP contribution in [-0.4, -0.2) is 52.2 Å². The molecule has 1 amide bonds. The Bertz CT molecular complexity index is 1020. The summed E-state index contributed by atoms with van der Waals surface area (Å²) < 4.78 is 0. The zero-order chi connectivity index (χ0) is 18.1. The van der Waals surface area contributed by atoms with Gasteiger partial charge in [-0.15, -0.1) is 0 Å². The first kappa shape index (κ1) is 16.3. The maximum absolute atomic E-state index is 12.9. The summed E-state index contributed by atoms with van der Waals surface area (Å²) in [5.74, 6) is 0.777. The highest BCUT2D eigenvalue weighted by Crippen LogP contribution is 2.18. The van der Waals surface area contributed by atoms with Crippen LogP contribution >= 0.6 is 0 Å². The second-order valence-electron chi connectivity index (χ2n) is 6.42. The molecule has 0 spiro atoms. The fourth-order valence-electron chi connectivity index (χ4n) is 3.26. The number of anilines is 1. The number of nitrogens with one attached hydrogen (secondary N) is 1. The molecule has 0 radical (unpaired) electrons. The molecule has 1 aliphatic heterocycles. The molecule has 1 aliphatic rings. The predicted molar refractivity (Wildman–Crippen MR) is 99.5 cm³/mol. The minimum atomic E-state index is -0.285. The van der Waals surface area contributed by atoms with Crippen LogP contribution in [0.5, 0.6) is 0 Å². The van der Waals surface area contributed by atoms with E-state index in [0.717, 1.165) is 11.4 Å². The number of pyridine rings is 1. The molecule has 26 heavy (non-hydrogen) atoms. The van der Waals surface area contributed by atoms with Crippen LogP contribution in [0.1, 0.15) is 16.1 Å². The van der Waals surface area contributed by atoms with Crippen molar-refractivity contribution in [2.45, 2.75) is 6.92 Å². The van der Waals surface area contributed by atoms with Gasteiger partial charge in [0, 0.05) is 37.8 Å². The third-order valence-electron chi connectivity index (χ3n) is 4.69. The zero-order valence-corrected chi connectivity index (χ0v) is 14.5. The van der Waals surface area contributed by atoms with Crippen molar-refractivity contribution in [1.29, 1.82) is 0 Å². The fourth-order valence-corrected chi connectivity index (χ4v) is 3.26. The van der Waals surface area contributed by atoms with Gasteiger partial charge in [-0.05, 0) is 30.7 Å². The van der Waals surface area contributed by atoms with E-state index >= 15 is 0 Å². The number of aromatic amines is 1. The first-order valence-electron chi connectivity index (χ1n) is 8.58.